The van der Waals surface area contributed by atoms with Crippen molar-refractivity contribution in [3.05, 3.63) is 118 Å². The minimum absolute atomic E-state index is 0.0577. The lowest BCUT2D eigenvalue weighted by Crippen LogP contribution is -2.08. The molecule has 3 rings (SSSR count). The van der Waals surface area contributed by atoms with Gasteiger partial charge in [-0.15, -0.1) is 0 Å². The maximum absolute atomic E-state index is 12.2. The molecular formula is C30H30N4O4. The minimum atomic E-state index is -0.617. The number of hydrogen-bond donors (Lipinski definition) is 0. The summed E-state index contributed by atoms with van der Waals surface area (Å²) in [6.45, 7) is 20.2. The van der Waals surface area contributed by atoms with E-state index >= 15 is 0 Å². The van der Waals surface area contributed by atoms with Gasteiger partial charge in [-0.2, -0.15) is 0 Å². The molecule has 0 aliphatic rings. The number of aromatic nitrogens is 2. The first-order chi connectivity index (χ1) is 18.5. The van der Waals surface area contributed by atoms with Crippen LogP contribution in [0.3, 0.4) is 0 Å². The number of carbonyl (C=O) groups is 2. The molecule has 0 aliphatic heterocycles. The first-order valence-corrected chi connectivity index (χ1v) is 12.4. The fourth-order valence-electron chi connectivity index (χ4n) is 3.72. The summed E-state index contributed by atoms with van der Waals surface area (Å²) < 4.78 is 14.1. The summed E-state index contributed by atoms with van der Waals surface area (Å²) in [6.07, 6.45) is 8.28. The monoisotopic (exact) mass is 510 g/mol. The molecule has 0 spiro atoms. The molecule has 2 heterocycles. The molecule has 8 heteroatoms. The van der Waals surface area contributed by atoms with E-state index in [-0.39, 0.29) is 24.6 Å². The molecule has 1 aromatic carbocycles. The first kappa shape index (κ1) is 27.8. The van der Waals surface area contributed by atoms with Gasteiger partial charge in [0.15, 0.2) is 0 Å². The molecule has 8 nitrogen and oxygen atoms in total. The van der Waals surface area contributed by atoms with Gasteiger partial charge in [0.2, 0.25) is 0 Å². The van der Waals surface area contributed by atoms with Gasteiger partial charge in [0.1, 0.15) is 0 Å². The van der Waals surface area contributed by atoms with E-state index < -0.39 is 11.9 Å². The van der Waals surface area contributed by atoms with E-state index in [4.69, 9.17) is 22.6 Å². The molecule has 0 bridgehead atoms. The second-order valence-electron chi connectivity index (χ2n) is 8.50. The van der Waals surface area contributed by atoms with Crippen molar-refractivity contribution >= 4 is 24.1 Å². The number of esters is 2. The zero-order valence-electron chi connectivity index (χ0n) is 21.6. The number of benzene rings is 1. The molecular weight excluding hydrogens is 480 g/mol. The highest BCUT2D eigenvalue weighted by Crippen LogP contribution is 2.17. The highest BCUT2D eigenvalue weighted by molar-refractivity contribution is 5.96. The molecule has 0 unspecified atom stereocenters. The molecule has 2 aromatic heterocycles. The van der Waals surface area contributed by atoms with Crippen molar-refractivity contribution in [3.8, 4) is 0 Å². The smallest absolute Gasteiger partial charge is 0.336 e. The Labute approximate surface area is 223 Å². The van der Waals surface area contributed by atoms with Crippen LogP contribution in [0.1, 0.15) is 49.2 Å². The Morgan fingerprint density at radius 1 is 0.763 bits per heavy atom. The zero-order valence-corrected chi connectivity index (χ0v) is 21.6. The van der Waals surface area contributed by atoms with Gasteiger partial charge < -0.3 is 18.6 Å². The summed E-state index contributed by atoms with van der Waals surface area (Å²) in [5, 5.41) is 0. The third-order valence-corrected chi connectivity index (χ3v) is 5.53. The van der Waals surface area contributed by atoms with Crippen LogP contribution in [-0.4, -0.2) is 34.3 Å². The lowest BCUT2D eigenvalue weighted by molar-refractivity contribution is -0.139. The van der Waals surface area contributed by atoms with Crippen LogP contribution in [0.25, 0.3) is 21.8 Å². The van der Waals surface area contributed by atoms with Crippen LogP contribution in [0.5, 0.6) is 0 Å². The van der Waals surface area contributed by atoms with Crippen molar-refractivity contribution in [2.24, 2.45) is 0 Å². The molecule has 0 saturated heterocycles. The number of carbonyl (C=O) groups excluding carboxylic acids is 2. The number of ether oxygens (including phenoxy) is 2. The number of rotatable bonds is 12. The summed E-state index contributed by atoms with van der Waals surface area (Å²) in [6, 6.07) is 15.5. The summed E-state index contributed by atoms with van der Waals surface area (Å²) in [7, 11) is 0. The maximum atomic E-state index is 12.2. The Balaban J connectivity index is 1.77. The largest absolute Gasteiger partial charge is 0.471 e. The van der Waals surface area contributed by atoms with Crippen molar-refractivity contribution < 1.29 is 19.1 Å². The summed E-state index contributed by atoms with van der Waals surface area (Å²) in [5.41, 5.74) is 3.43. The van der Waals surface area contributed by atoms with Crippen molar-refractivity contribution in [1.82, 2.24) is 9.13 Å². The Hall–Kier alpha value is -4.82. The Kier molecular flexibility index (Phi) is 10.3. The predicted octanol–water partition coefficient (Wildman–Crippen LogP) is 5.81. The number of hydrogen-bond acceptors (Lipinski definition) is 4. The standard InChI is InChI=1S/C30H30N4O4/c1-5-16-37-29(35)27(31-3)19-25-12-8-14-33(25)21-23-10-7-11-24(18-23)22-34-15-9-13-26(34)20-28(32-4)30(36)38-17-6-2/h7-15,18-20H,5-6,16-17,21-22H2,1-2H3/b27-19-,28-20-. The second-order valence-corrected chi connectivity index (χ2v) is 8.50. The zero-order chi connectivity index (χ0) is 27.3. The van der Waals surface area contributed by atoms with Gasteiger partial charge in [0, 0.05) is 36.9 Å². The van der Waals surface area contributed by atoms with E-state index in [0.717, 1.165) is 22.5 Å². The molecule has 0 fully saturated rings. The van der Waals surface area contributed by atoms with Crippen molar-refractivity contribution in [2.45, 2.75) is 39.8 Å². The lowest BCUT2D eigenvalue weighted by atomic mass is 10.1. The summed E-state index contributed by atoms with van der Waals surface area (Å²) >= 11 is 0. The fraction of sp³-hybridized carbons (Fsp3) is 0.267. The molecule has 3 aromatic rings. The Bertz CT molecular complexity index is 1310. The lowest BCUT2D eigenvalue weighted by Gasteiger charge is -2.11. The number of nitrogens with zero attached hydrogens (tertiary/aromatic N) is 4. The quantitative estimate of drug-likeness (QED) is 0.175. The molecule has 0 aliphatic carbocycles. The summed E-state index contributed by atoms with van der Waals surface area (Å²) in [5.74, 6) is -1.23. The van der Waals surface area contributed by atoms with Crippen molar-refractivity contribution in [3.63, 3.8) is 0 Å². The SMILES string of the molecule is [C-]#[N+]/C(=C\c1cccn1Cc1cccc(Cn2cccc2/C=C(\[N+]#[C-])C(=O)OCCC)c1)C(=O)OCCC. The molecule has 0 atom stereocenters. The Morgan fingerprint density at radius 2 is 1.21 bits per heavy atom. The second kappa shape index (κ2) is 14.1. The predicted molar refractivity (Wildman–Crippen MR) is 145 cm³/mol. The molecule has 0 saturated carbocycles. The fourth-order valence-corrected chi connectivity index (χ4v) is 3.72. The van der Waals surface area contributed by atoms with Crippen LogP contribution in [-0.2, 0) is 32.2 Å². The van der Waals surface area contributed by atoms with Crippen molar-refractivity contribution in [2.75, 3.05) is 13.2 Å². The summed E-state index contributed by atoms with van der Waals surface area (Å²) in [4.78, 5) is 31.0. The third kappa shape index (κ3) is 7.59. The molecule has 0 radical (unpaired) electrons. The average molecular weight is 511 g/mol. The maximum Gasteiger partial charge on any atom is 0.336 e. The molecule has 194 valence electrons. The van der Waals surface area contributed by atoms with E-state index in [1.807, 2.05) is 77.8 Å². The topological polar surface area (TPSA) is 71.2 Å². The van der Waals surface area contributed by atoms with Gasteiger partial charge in [-0.3, -0.25) is 9.59 Å². The highest BCUT2D eigenvalue weighted by Gasteiger charge is 2.14. The van der Waals surface area contributed by atoms with Gasteiger partial charge in [-0.05, 0) is 60.4 Å². The molecule has 0 N–H and O–H groups in total. The first-order valence-electron chi connectivity index (χ1n) is 12.4. The van der Waals surface area contributed by atoms with Crippen molar-refractivity contribution in [1.29, 1.82) is 0 Å². The van der Waals surface area contributed by atoms with Crippen LogP contribution < -0.4 is 0 Å². The molecule has 0 amide bonds. The van der Waals surface area contributed by atoms with Crippen LogP contribution in [0, 0.1) is 13.1 Å². The molecule has 38 heavy (non-hydrogen) atoms. The van der Waals surface area contributed by atoms with Crippen LogP contribution in [0.2, 0.25) is 0 Å². The van der Waals surface area contributed by atoms with Gasteiger partial charge in [0.25, 0.3) is 11.4 Å². The van der Waals surface area contributed by atoms with Crippen LogP contribution in [0.15, 0.2) is 72.3 Å². The van der Waals surface area contributed by atoms with Gasteiger partial charge in [-0.25, -0.2) is 9.69 Å². The average Bonchev–Trinajstić information content (AvgIpc) is 3.56. The van der Waals surface area contributed by atoms with Gasteiger partial charge >= 0.3 is 11.9 Å². The highest BCUT2D eigenvalue weighted by atomic mass is 16.5. The van der Waals surface area contributed by atoms with E-state index in [1.54, 1.807) is 12.2 Å². The third-order valence-electron chi connectivity index (χ3n) is 5.53. The normalized spacial score (nSPS) is 11.5. The minimum Gasteiger partial charge on any atom is -0.471 e. The van der Waals surface area contributed by atoms with Gasteiger partial charge in [0.05, 0.1) is 26.4 Å². The van der Waals surface area contributed by atoms with Crippen LogP contribution >= 0.6 is 0 Å². The van der Waals surface area contributed by atoms with Crippen LogP contribution in [0.4, 0.5) is 0 Å². The Morgan fingerprint density at radius 3 is 1.61 bits per heavy atom. The van der Waals surface area contributed by atoms with E-state index in [1.165, 1.54) is 0 Å². The van der Waals surface area contributed by atoms with E-state index in [9.17, 15) is 9.59 Å². The van der Waals surface area contributed by atoms with E-state index in [2.05, 4.69) is 15.8 Å². The van der Waals surface area contributed by atoms with E-state index in [0.29, 0.717) is 25.9 Å². The van der Waals surface area contributed by atoms with Gasteiger partial charge in [-0.1, -0.05) is 38.1 Å².